The minimum absolute atomic E-state index is 0.0431. The van der Waals surface area contributed by atoms with Crippen molar-refractivity contribution in [1.29, 1.82) is 0 Å². The number of nitrogens with one attached hydrogen (secondary N) is 2. The van der Waals surface area contributed by atoms with E-state index >= 15 is 0 Å². The molecule has 1 aliphatic heterocycles. The number of benzene rings is 2. The average Bonchev–Trinajstić information content (AvgIpc) is 3.36. The highest BCUT2D eigenvalue weighted by Gasteiger charge is 2.32. The number of thioether (sulfide) groups is 2. The summed E-state index contributed by atoms with van der Waals surface area (Å²) in [5.41, 5.74) is 5.85. The van der Waals surface area contributed by atoms with Crippen molar-refractivity contribution in [3.63, 3.8) is 0 Å². The van der Waals surface area contributed by atoms with Gasteiger partial charge in [0.2, 0.25) is 11.8 Å². The number of thiocarbonyl (C=S) groups is 1. The van der Waals surface area contributed by atoms with E-state index in [0.717, 1.165) is 26.3 Å². The number of hydrogen-bond donors (Lipinski definition) is 2. The van der Waals surface area contributed by atoms with Gasteiger partial charge in [0.15, 0.2) is 4.34 Å². The van der Waals surface area contributed by atoms with Crippen LogP contribution in [0.5, 0.6) is 0 Å². The molecule has 0 aliphatic carbocycles. The molecule has 3 aromatic rings. The SMILES string of the molecule is O=C(CCN1C(=O)C(=Cc2ccccc2F)SC1=S)NNC(=O)CSc1nc2ccccc2s1. The molecule has 174 valence electrons. The van der Waals surface area contributed by atoms with Crippen LogP contribution in [-0.2, 0) is 14.4 Å². The fourth-order valence-electron chi connectivity index (χ4n) is 2.92. The van der Waals surface area contributed by atoms with Crippen molar-refractivity contribution in [1.82, 2.24) is 20.7 Å². The molecule has 2 N–H and O–H groups in total. The molecule has 7 nitrogen and oxygen atoms in total. The lowest BCUT2D eigenvalue weighted by Gasteiger charge is -2.14. The Morgan fingerprint density at radius 2 is 1.85 bits per heavy atom. The molecule has 0 spiro atoms. The average molecular weight is 533 g/mol. The van der Waals surface area contributed by atoms with Gasteiger partial charge in [0.1, 0.15) is 10.1 Å². The van der Waals surface area contributed by atoms with Crippen LogP contribution >= 0.6 is 47.1 Å². The molecule has 12 heteroatoms. The molecule has 0 unspecified atom stereocenters. The summed E-state index contributed by atoms with van der Waals surface area (Å²) >= 11 is 9.06. The smallest absolute Gasteiger partial charge is 0.266 e. The quantitative estimate of drug-likeness (QED) is 0.206. The van der Waals surface area contributed by atoms with E-state index in [1.807, 2.05) is 24.3 Å². The maximum absolute atomic E-state index is 13.9. The minimum Gasteiger partial charge on any atom is -0.292 e. The molecule has 2 aromatic carbocycles. The second-order valence-electron chi connectivity index (χ2n) is 6.94. The Hall–Kier alpha value is -2.80. The summed E-state index contributed by atoms with van der Waals surface area (Å²) in [5.74, 6) is -1.58. The molecule has 34 heavy (non-hydrogen) atoms. The number of amides is 3. The molecule has 0 bridgehead atoms. The molecule has 3 amide bonds. The van der Waals surface area contributed by atoms with Crippen LogP contribution < -0.4 is 10.9 Å². The van der Waals surface area contributed by atoms with Crippen molar-refractivity contribution in [2.45, 2.75) is 10.8 Å². The highest BCUT2D eigenvalue weighted by atomic mass is 32.2. The van der Waals surface area contributed by atoms with E-state index in [2.05, 4.69) is 15.8 Å². The van der Waals surface area contributed by atoms with Crippen molar-refractivity contribution in [2.24, 2.45) is 0 Å². The Balaban J connectivity index is 1.22. The lowest BCUT2D eigenvalue weighted by atomic mass is 10.2. The second-order valence-corrected chi connectivity index (χ2v) is 10.9. The van der Waals surface area contributed by atoms with Gasteiger partial charge in [-0.2, -0.15) is 0 Å². The first-order valence-corrected chi connectivity index (χ1v) is 13.0. The van der Waals surface area contributed by atoms with Crippen molar-refractivity contribution in [3.05, 3.63) is 64.8 Å². The standard InChI is InChI=1S/C22H17FN4O3S4/c23-14-6-2-1-5-13(14)11-17-20(30)27(22(31)34-17)10-9-18(28)25-26-19(29)12-32-21-24-15-7-3-4-8-16(15)33-21/h1-8,11H,9-10,12H2,(H,25,28)(H,26,29). The van der Waals surface area contributed by atoms with Gasteiger partial charge < -0.3 is 0 Å². The fourth-order valence-corrected chi connectivity index (χ4v) is 6.09. The highest BCUT2D eigenvalue weighted by molar-refractivity contribution is 8.26. The van der Waals surface area contributed by atoms with E-state index in [0.29, 0.717) is 0 Å². The van der Waals surface area contributed by atoms with Gasteiger partial charge in [-0.05, 0) is 24.3 Å². The van der Waals surface area contributed by atoms with E-state index in [9.17, 15) is 18.8 Å². The Morgan fingerprint density at radius 1 is 1.12 bits per heavy atom. The summed E-state index contributed by atoms with van der Waals surface area (Å²) in [5, 5.41) is 0. The molecule has 1 aliphatic rings. The summed E-state index contributed by atoms with van der Waals surface area (Å²) in [6.07, 6.45) is 1.38. The third-order valence-corrected chi connectivity index (χ3v) is 8.13. The number of hydrazine groups is 1. The second kappa shape index (κ2) is 11.1. The molecule has 2 heterocycles. The lowest BCUT2D eigenvalue weighted by Crippen LogP contribution is -2.44. The number of hydrogen-bond acceptors (Lipinski definition) is 8. The number of halogens is 1. The molecule has 0 saturated carbocycles. The van der Waals surface area contributed by atoms with E-state index in [4.69, 9.17) is 12.2 Å². The molecule has 4 rings (SSSR count). The Labute approximate surface area is 212 Å². The Kier molecular flexibility index (Phi) is 7.93. The van der Waals surface area contributed by atoms with E-state index in [-0.39, 0.29) is 45.3 Å². The maximum atomic E-state index is 13.9. The Morgan fingerprint density at radius 3 is 2.65 bits per heavy atom. The molecular weight excluding hydrogens is 516 g/mol. The van der Waals surface area contributed by atoms with E-state index in [1.165, 1.54) is 40.1 Å². The van der Waals surface area contributed by atoms with Crippen molar-refractivity contribution >= 4 is 85.4 Å². The molecule has 1 saturated heterocycles. The molecule has 0 atom stereocenters. The zero-order valence-electron chi connectivity index (χ0n) is 17.4. The van der Waals surface area contributed by atoms with Gasteiger partial charge in [0.05, 0.1) is 20.9 Å². The zero-order chi connectivity index (χ0) is 24.1. The van der Waals surface area contributed by atoms with Crippen LogP contribution in [0.3, 0.4) is 0 Å². The molecular formula is C22H17FN4O3S4. The first-order valence-electron chi connectivity index (χ1n) is 9.96. The molecule has 1 aromatic heterocycles. The van der Waals surface area contributed by atoms with Gasteiger partial charge >= 0.3 is 0 Å². The van der Waals surface area contributed by atoms with Crippen molar-refractivity contribution in [2.75, 3.05) is 12.3 Å². The van der Waals surface area contributed by atoms with Crippen molar-refractivity contribution < 1.29 is 18.8 Å². The van der Waals surface area contributed by atoms with E-state index < -0.39 is 11.7 Å². The fraction of sp³-hybridized carbons (Fsp3) is 0.136. The van der Waals surface area contributed by atoms with Gasteiger partial charge in [-0.3, -0.25) is 30.1 Å². The third-order valence-electron chi connectivity index (χ3n) is 4.57. The van der Waals surface area contributed by atoms with Gasteiger partial charge in [-0.25, -0.2) is 9.37 Å². The monoisotopic (exact) mass is 532 g/mol. The maximum Gasteiger partial charge on any atom is 0.266 e. The van der Waals surface area contributed by atoms with Gasteiger partial charge in [-0.15, -0.1) is 11.3 Å². The van der Waals surface area contributed by atoms with Gasteiger partial charge in [0.25, 0.3) is 5.91 Å². The van der Waals surface area contributed by atoms with Gasteiger partial charge in [-0.1, -0.05) is 66.1 Å². The summed E-state index contributed by atoms with van der Waals surface area (Å²) in [6, 6.07) is 13.8. The van der Waals surface area contributed by atoms with Crippen LogP contribution in [0.25, 0.3) is 16.3 Å². The number of carbonyl (C=O) groups is 3. The number of nitrogens with zero attached hydrogens (tertiary/aromatic N) is 2. The first kappa shape index (κ1) is 24.3. The Bertz CT molecular complexity index is 1280. The highest BCUT2D eigenvalue weighted by Crippen LogP contribution is 2.33. The van der Waals surface area contributed by atoms with Crippen LogP contribution in [0.1, 0.15) is 12.0 Å². The summed E-state index contributed by atoms with van der Waals surface area (Å²) in [7, 11) is 0. The summed E-state index contributed by atoms with van der Waals surface area (Å²) in [6.45, 7) is 0.0431. The molecule has 0 radical (unpaired) electrons. The van der Waals surface area contributed by atoms with Crippen LogP contribution in [0.15, 0.2) is 57.8 Å². The predicted molar refractivity (Wildman–Crippen MR) is 138 cm³/mol. The summed E-state index contributed by atoms with van der Waals surface area (Å²) < 4.78 is 16.0. The lowest BCUT2D eigenvalue weighted by molar-refractivity contribution is -0.128. The molecule has 1 fully saturated rings. The normalized spacial score (nSPS) is 14.7. The number of rotatable bonds is 7. The topological polar surface area (TPSA) is 91.4 Å². The predicted octanol–water partition coefficient (Wildman–Crippen LogP) is 3.97. The largest absolute Gasteiger partial charge is 0.292 e. The van der Waals surface area contributed by atoms with Crippen LogP contribution in [0.4, 0.5) is 4.39 Å². The number of para-hydroxylation sites is 1. The summed E-state index contributed by atoms with van der Waals surface area (Å²) in [4.78, 5) is 42.8. The van der Waals surface area contributed by atoms with Crippen LogP contribution in [0, 0.1) is 5.82 Å². The van der Waals surface area contributed by atoms with Gasteiger partial charge in [0, 0.05) is 18.5 Å². The number of fused-ring (bicyclic) bond motifs is 1. The first-order chi connectivity index (χ1) is 16.4. The van der Waals surface area contributed by atoms with E-state index in [1.54, 1.807) is 18.2 Å². The van der Waals surface area contributed by atoms with Crippen LogP contribution in [-0.4, -0.2) is 44.2 Å². The van der Waals surface area contributed by atoms with Crippen LogP contribution in [0.2, 0.25) is 0 Å². The zero-order valence-corrected chi connectivity index (χ0v) is 20.7. The third kappa shape index (κ3) is 6.00. The number of aromatic nitrogens is 1. The number of thiazole rings is 1. The van der Waals surface area contributed by atoms with Crippen molar-refractivity contribution in [3.8, 4) is 0 Å². The minimum atomic E-state index is -0.467. The number of carbonyl (C=O) groups excluding carboxylic acids is 3.